The molecule has 0 amide bonds. The van der Waals surface area contributed by atoms with Crippen LogP contribution in [-0.2, 0) is 4.79 Å². The van der Waals surface area contributed by atoms with Crippen molar-refractivity contribution in [3.05, 3.63) is 77.0 Å². The first kappa shape index (κ1) is 14.1. The Kier molecular flexibility index (Phi) is 3.63. The molecule has 1 aliphatic carbocycles. The van der Waals surface area contributed by atoms with E-state index in [9.17, 15) is 4.79 Å². The highest BCUT2D eigenvalue weighted by Crippen LogP contribution is 2.43. The van der Waals surface area contributed by atoms with Gasteiger partial charge in [-0.2, -0.15) is 5.10 Å². The molecule has 23 heavy (non-hydrogen) atoms. The zero-order chi connectivity index (χ0) is 15.6. The van der Waals surface area contributed by atoms with Crippen molar-refractivity contribution >= 4 is 22.7 Å². The fourth-order valence-corrected chi connectivity index (χ4v) is 4.01. The summed E-state index contributed by atoms with van der Waals surface area (Å²) in [6.45, 7) is 0. The quantitative estimate of drug-likeness (QED) is 0.738. The molecule has 114 valence electrons. The topological polar surface area (TPSA) is 47.8 Å². The van der Waals surface area contributed by atoms with E-state index in [1.54, 1.807) is 28.4 Å². The molecule has 0 bridgehead atoms. The van der Waals surface area contributed by atoms with Gasteiger partial charge < -0.3 is 0 Å². The van der Waals surface area contributed by atoms with E-state index < -0.39 is 0 Å². The molecule has 3 aromatic rings. The summed E-state index contributed by atoms with van der Waals surface area (Å²) in [5.41, 5.74) is 2.20. The highest BCUT2D eigenvalue weighted by molar-refractivity contribution is 7.10. The van der Waals surface area contributed by atoms with Crippen molar-refractivity contribution in [2.75, 3.05) is 0 Å². The second kappa shape index (κ2) is 5.93. The Balaban J connectivity index is 1.78. The zero-order valence-electron chi connectivity index (χ0n) is 12.4. The average molecular weight is 321 g/mol. The van der Waals surface area contributed by atoms with Gasteiger partial charge in [-0.05, 0) is 35.1 Å². The molecular formula is C18H15N3OS. The van der Waals surface area contributed by atoms with E-state index >= 15 is 0 Å². The number of carbonyl (C=O) groups is 1. The maximum Gasteiger partial charge on any atom is 0.181 e. The minimum absolute atomic E-state index is 0.0824. The molecule has 4 rings (SSSR count). The standard InChI is InChI=1S/C18H15N3OS/c22-16-10-14(13-5-2-1-3-6-13)9-15(17-7-4-8-23-17)18(16)21-12-19-11-20-21/h1-8,10-12,15,18H,9H2/t15-,18-/m1/s1. The lowest BCUT2D eigenvalue weighted by Gasteiger charge is -2.29. The Morgan fingerprint density at radius 1 is 1.13 bits per heavy atom. The highest BCUT2D eigenvalue weighted by Gasteiger charge is 2.36. The molecule has 0 saturated heterocycles. The van der Waals surface area contributed by atoms with E-state index in [-0.39, 0.29) is 17.7 Å². The van der Waals surface area contributed by atoms with Crippen LogP contribution in [0.2, 0.25) is 0 Å². The van der Waals surface area contributed by atoms with Crippen molar-refractivity contribution in [1.29, 1.82) is 0 Å². The van der Waals surface area contributed by atoms with E-state index in [0.29, 0.717) is 0 Å². The van der Waals surface area contributed by atoms with Crippen LogP contribution >= 0.6 is 11.3 Å². The number of carbonyl (C=O) groups excluding carboxylic acids is 1. The number of thiophene rings is 1. The molecular weight excluding hydrogens is 306 g/mol. The summed E-state index contributed by atoms with van der Waals surface area (Å²) in [4.78, 5) is 18.0. The summed E-state index contributed by atoms with van der Waals surface area (Å²) >= 11 is 1.69. The van der Waals surface area contributed by atoms with E-state index in [1.807, 2.05) is 24.3 Å². The Morgan fingerprint density at radius 2 is 2.00 bits per heavy atom. The van der Waals surface area contributed by atoms with Gasteiger partial charge in [-0.1, -0.05) is 36.4 Å². The lowest BCUT2D eigenvalue weighted by atomic mass is 9.80. The van der Waals surface area contributed by atoms with Crippen LogP contribution < -0.4 is 0 Å². The van der Waals surface area contributed by atoms with Crippen molar-refractivity contribution in [2.24, 2.45) is 0 Å². The summed E-state index contributed by atoms with van der Waals surface area (Å²) in [7, 11) is 0. The Hall–Kier alpha value is -2.53. The first-order valence-corrected chi connectivity index (χ1v) is 8.38. The summed E-state index contributed by atoms with van der Waals surface area (Å²) in [5.74, 6) is 0.170. The molecule has 0 radical (unpaired) electrons. The maximum absolute atomic E-state index is 12.8. The van der Waals surface area contributed by atoms with Gasteiger partial charge in [0.2, 0.25) is 0 Å². The van der Waals surface area contributed by atoms with Gasteiger partial charge in [0, 0.05) is 10.8 Å². The van der Waals surface area contributed by atoms with Crippen LogP contribution in [0, 0.1) is 0 Å². The number of ketones is 1. The predicted molar refractivity (Wildman–Crippen MR) is 90.2 cm³/mol. The molecule has 0 N–H and O–H groups in total. The Bertz CT molecular complexity index is 823. The van der Waals surface area contributed by atoms with Gasteiger partial charge in [0.15, 0.2) is 5.78 Å². The van der Waals surface area contributed by atoms with Crippen LogP contribution in [0.15, 0.2) is 66.6 Å². The smallest absolute Gasteiger partial charge is 0.181 e. The van der Waals surface area contributed by atoms with E-state index in [0.717, 1.165) is 17.6 Å². The molecule has 5 heteroatoms. The second-order valence-electron chi connectivity index (χ2n) is 5.58. The number of hydrogen-bond acceptors (Lipinski definition) is 4. The first-order chi connectivity index (χ1) is 11.3. The van der Waals surface area contributed by atoms with Crippen molar-refractivity contribution in [3.63, 3.8) is 0 Å². The number of nitrogens with zero attached hydrogens (tertiary/aromatic N) is 3. The van der Waals surface area contributed by atoms with Crippen LogP contribution in [0.4, 0.5) is 0 Å². The minimum atomic E-state index is -0.316. The SMILES string of the molecule is O=C1C=C(c2ccccc2)C[C@H](c2cccs2)[C@H]1n1cncn1. The number of allylic oxidation sites excluding steroid dienone is 2. The lowest BCUT2D eigenvalue weighted by Crippen LogP contribution is -2.28. The fraction of sp³-hybridized carbons (Fsp3) is 0.167. The molecule has 0 fully saturated rings. The zero-order valence-corrected chi connectivity index (χ0v) is 13.2. The number of rotatable bonds is 3. The predicted octanol–water partition coefficient (Wildman–Crippen LogP) is 3.72. The fourth-order valence-electron chi connectivity index (χ4n) is 3.15. The lowest BCUT2D eigenvalue weighted by molar-refractivity contribution is -0.118. The van der Waals surface area contributed by atoms with Crippen molar-refractivity contribution in [1.82, 2.24) is 14.8 Å². The summed E-state index contributed by atoms with van der Waals surface area (Å²) < 4.78 is 1.69. The number of hydrogen-bond donors (Lipinski definition) is 0. The van der Waals surface area contributed by atoms with Gasteiger partial charge in [-0.15, -0.1) is 11.3 Å². The Labute approximate surface area is 138 Å². The molecule has 1 aliphatic rings. The molecule has 0 aliphatic heterocycles. The van der Waals surface area contributed by atoms with Crippen molar-refractivity contribution in [2.45, 2.75) is 18.4 Å². The molecule has 0 unspecified atom stereocenters. The van der Waals surface area contributed by atoms with Crippen LogP contribution in [0.5, 0.6) is 0 Å². The third-order valence-corrected chi connectivity index (χ3v) is 5.21. The van der Waals surface area contributed by atoms with Gasteiger partial charge in [-0.3, -0.25) is 4.79 Å². The third kappa shape index (κ3) is 2.64. The summed E-state index contributed by atoms with van der Waals surface area (Å²) in [5, 5.41) is 6.26. The monoisotopic (exact) mass is 321 g/mol. The minimum Gasteiger partial charge on any atom is -0.292 e. The highest BCUT2D eigenvalue weighted by atomic mass is 32.1. The number of benzene rings is 1. The number of aromatic nitrogens is 3. The van der Waals surface area contributed by atoms with Gasteiger partial charge in [0.25, 0.3) is 0 Å². The molecule has 0 saturated carbocycles. The molecule has 2 aromatic heterocycles. The van der Waals surface area contributed by atoms with Crippen LogP contribution in [0.1, 0.15) is 28.8 Å². The average Bonchev–Trinajstić information content (AvgIpc) is 3.28. The van der Waals surface area contributed by atoms with Crippen molar-refractivity contribution in [3.8, 4) is 0 Å². The molecule has 0 spiro atoms. The molecule has 1 aromatic carbocycles. The van der Waals surface area contributed by atoms with E-state index in [1.165, 1.54) is 11.2 Å². The molecule has 4 nitrogen and oxygen atoms in total. The molecule has 2 heterocycles. The summed E-state index contributed by atoms with van der Waals surface area (Å²) in [6, 6.07) is 13.9. The summed E-state index contributed by atoms with van der Waals surface area (Å²) in [6.07, 6.45) is 5.70. The van der Waals surface area contributed by atoms with Gasteiger partial charge in [-0.25, -0.2) is 9.67 Å². The second-order valence-corrected chi connectivity index (χ2v) is 6.56. The third-order valence-electron chi connectivity index (χ3n) is 4.20. The largest absolute Gasteiger partial charge is 0.292 e. The van der Waals surface area contributed by atoms with Gasteiger partial charge in [0.1, 0.15) is 18.7 Å². The van der Waals surface area contributed by atoms with Crippen LogP contribution in [0.3, 0.4) is 0 Å². The maximum atomic E-state index is 12.8. The van der Waals surface area contributed by atoms with E-state index in [2.05, 4.69) is 33.7 Å². The van der Waals surface area contributed by atoms with Crippen molar-refractivity contribution < 1.29 is 4.79 Å². The molecule has 2 atom stereocenters. The van der Waals surface area contributed by atoms with Gasteiger partial charge >= 0.3 is 0 Å². The van der Waals surface area contributed by atoms with Gasteiger partial charge in [0.05, 0.1) is 0 Å². The van der Waals surface area contributed by atoms with Crippen LogP contribution in [-0.4, -0.2) is 20.5 Å². The normalized spacial score (nSPS) is 21.2. The van der Waals surface area contributed by atoms with E-state index in [4.69, 9.17) is 0 Å². The Morgan fingerprint density at radius 3 is 2.70 bits per heavy atom. The van der Waals surface area contributed by atoms with Crippen LogP contribution in [0.25, 0.3) is 5.57 Å². The first-order valence-electron chi connectivity index (χ1n) is 7.50.